The lowest BCUT2D eigenvalue weighted by atomic mass is 9.84. The van der Waals surface area contributed by atoms with Crippen molar-refractivity contribution in [1.29, 1.82) is 0 Å². The quantitative estimate of drug-likeness (QED) is 0.853. The van der Waals surface area contributed by atoms with Crippen molar-refractivity contribution in [3.8, 4) is 0 Å². The molecule has 1 N–H and O–H groups in total. The van der Waals surface area contributed by atoms with Crippen molar-refractivity contribution >= 4 is 0 Å². The maximum atomic E-state index is 10.3. The largest absolute Gasteiger partial charge is 0.392 e. The SMILES string of the molecule is CCCn1ccnc1CC(O)C1CCCCC1. The molecule has 2 rings (SSSR count). The van der Waals surface area contributed by atoms with Crippen molar-refractivity contribution in [3.05, 3.63) is 18.2 Å². The Balaban J connectivity index is 1.92. The van der Waals surface area contributed by atoms with E-state index in [1.54, 1.807) is 0 Å². The minimum atomic E-state index is -0.201. The Hall–Kier alpha value is -0.830. The van der Waals surface area contributed by atoms with Crippen LogP contribution in [0.3, 0.4) is 0 Å². The lowest BCUT2D eigenvalue weighted by Gasteiger charge is -2.26. The van der Waals surface area contributed by atoms with Crippen LogP contribution in [-0.2, 0) is 13.0 Å². The molecule has 17 heavy (non-hydrogen) atoms. The Bertz CT molecular complexity index is 329. The van der Waals surface area contributed by atoms with Gasteiger partial charge in [-0.2, -0.15) is 0 Å². The van der Waals surface area contributed by atoms with Crippen LogP contribution in [0.5, 0.6) is 0 Å². The second kappa shape index (κ2) is 6.20. The van der Waals surface area contributed by atoms with Crippen molar-refractivity contribution in [1.82, 2.24) is 9.55 Å². The van der Waals surface area contributed by atoms with Crippen molar-refractivity contribution in [2.75, 3.05) is 0 Å². The molecule has 3 nitrogen and oxygen atoms in total. The van der Waals surface area contributed by atoms with Gasteiger partial charge in [0.15, 0.2) is 0 Å². The van der Waals surface area contributed by atoms with Crippen LogP contribution in [-0.4, -0.2) is 20.8 Å². The Morgan fingerprint density at radius 2 is 2.18 bits per heavy atom. The summed E-state index contributed by atoms with van der Waals surface area (Å²) in [5.41, 5.74) is 0. The first-order valence-corrected chi connectivity index (χ1v) is 6.99. The van der Waals surface area contributed by atoms with Crippen LogP contribution in [0.1, 0.15) is 51.3 Å². The molecule has 1 heterocycles. The van der Waals surface area contributed by atoms with Gasteiger partial charge in [-0.1, -0.05) is 26.2 Å². The molecular formula is C14H24N2O. The first kappa shape index (κ1) is 12.6. The molecule has 1 aromatic rings. The highest BCUT2D eigenvalue weighted by molar-refractivity contribution is 4.95. The first-order chi connectivity index (χ1) is 8.31. The molecule has 1 aromatic heterocycles. The minimum Gasteiger partial charge on any atom is -0.392 e. The number of hydrogen-bond acceptors (Lipinski definition) is 2. The van der Waals surface area contributed by atoms with Gasteiger partial charge in [0, 0.05) is 25.4 Å². The second-order valence-electron chi connectivity index (χ2n) is 5.21. The molecule has 0 aliphatic heterocycles. The van der Waals surface area contributed by atoms with E-state index in [0.717, 1.165) is 25.2 Å². The molecule has 3 heteroatoms. The van der Waals surface area contributed by atoms with E-state index in [1.165, 1.54) is 32.1 Å². The first-order valence-electron chi connectivity index (χ1n) is 6.99. The molecule has 96 valence electrons. The Kier molecular flexibility index (Phi) is 4.60. The van der Waals surface area contributed by atoms with Crippen LogP contribution in [0.2, 0.25) is 0 Å². The summed E-state index contributed by atoms with van der Waals surface area (Å²) < 4.78 is 2.17. The molecule has 0 saturated heterocycles. The maximum Gasteiger partial charge on any atom is 0.111 e. The molecule has 0 aromatic carbocycles. The number of aliphatic hydroxyl groups is 1. The van der Waals surface area contributed by atoms with Gasteiger partial charge < -0.3 is 9.67 Å². The number of aliphatic hydroxyl groups excluding tert-OH is 1. The zero-order chi connectivity index (χ0) is 12.1. The molecule has 1 unspecified atom stereocenters. The van der Waals surface area contributed by atoms with E-state index in [4.69, 9.17) is 0 Å². The average molecular weight is 236 g/mol. The normalized spacial score (nSPS) is 19.4. The number of hydrogen-bond donors (Lipinski definition) is 1. The van der Waals surface area contributed by atoms with Crippen LogP contribution < -0.4 is 0 Å². The summed E-state index contributed by atoms with van der Waals surface area (Å²) in [6, 6.07) is 0. The predicted octanol–water partition coefficient (Wildman–Crippen LogP) is 2.78. The number of aromatic nitrogens is 2. The van der Waals surface area contributed by atoms with Gasteiger partial charge >= 0.3 is 0 Å². The highest BCUT2D eigenvalue weighted by Gasteiger charge is 2.23. The molecule has 1 saturated carbocycles. The molecule has 0 amide bonds. The van der Waals surface area contributed by atoms with Crippen molar-refractivity contribution in [2.45, 2.75) is 64.5 Å². The fourth-order valence-electron chi connectivity index (χ4n) is 2.85. The Labute approximate surface area is 104 Å². The van der Waals surface area contributed by atoms with Gasteiger partial charge in [-0.3, -0.25) is 0 Å². The van der Waals surface area contributed by atoms with E-state index < -0.39 is 0 Å². The Morgan fingerprint density at radius 3 is 2.88 bits per heavy atom. The molecule has 1 aliphatic rings. The van der Waals surface area contributed by atoms with Crippen LogP contribution in [0, 0.1) is 5.92 Å². The topological polar surface area (TPSA) is 38.0 Å². The fourth-order valence-corrected chi connectivity index (χ4v) is 2.85. The van der Waals surface area contributed by atoms with E-state index in [-0.39, 0.29) is 6.10 Å². The number of aryl methyl sites for hydroxylation is 1. The van der Waals surface area contributed by atoms with Crippen LogP contribution in [0.15, 0.2) is 12.4 Å². The van der Waals surface area contributed by atoms with Gasteiger partial charge in [0.1, 0.15) is 5.82 Å². The smallest absolute Gasteiger partial charge is 0.111 e. The van der Waals surface area contributed by atoms with Gasteiger partial charge in [0.2, 0.25) is 0 Å². The van der Waals surface area contributed by atoms with Gasteiger partial charge in [-0.15, -0.1) is 0 Å². The number of rotatable bonds is 5. The number of nitrogens with zero attached hydrogens (tertiary/aromatic N) is 2. The predicted molar refractivity (Wildman–Crippen MR) is 68.8 cm³/mol. The van der Waals surface area contributed by atoms with Gasteiger partial charge in [0.25, 0.3) is 0 Å². The molecule has 1 fully saturated rings. The van der Waals surface area contributed by atoms with E-state index in [2.05, 4.69) is 16.5 Å². The summed E-state index contributed by atoms with van der Waals surface area (Å²) in [4.78, 5) is 4.37. The van der Waals surface area contributed by atoms with Gasteiger partial charge in [-0.25, -0.2) is 4.98 Å². The molecule has 0 spiro atoms. The van der Waals surface area contributed by atoms with E-state index in [1.807, 2.05) is 12.4 Å². The highest BCUT2D eigenvalue weighted by Crippen LogP contribution is 2.27. The molecule has 1 aliphatic carbocycles. The third kappa shape index (κ3) is 3.32. The van der Waals surface area contributed by atoms with Crippen LogP contribution in [0.4, 0.5) is 0 Å². The summed E-state index contributed by atoms with van der Waals surface area (Å²) in [6.45, 7) is 3.17. The third-order valence-corrected chi connectivity index (χ3v) is 3.85. The van der Waals surface area contributed by atoms with E-state index in [0.29, 0.717) is 5.92 Å². The number of imidazole rings is 1. The van der Waals surface area contributed by atoms with E-state index in [9.17, 15) is 5.11 Å². The Morgan fingerprint density at radius 1 is 1.41 bits per heavy atom. The summed E-state index contributed by atoms with van der Waals surface area (Å²) >= 11 is 0. The zero-order valence-corrected chi connectivity index (χ0v) is 10.8. The summed E-state index contributed by atoms with van der Waals surface area (Å²) in [5.74, 6) is 1.54. The van der Waals surface area contributed by atoms with Crippen LogP contribution >= 0.6 is 0 Å². The third-order valence-electron chi connectivity index (χ3n) is 3.85. The standard InChI is InChI=1S/C14H24N2O/c1-2-9-16-10-8-15-14(16)11-13(17)12-6-4-3-5-7-12/h8,10,12-13,17H,2-7,9,11H2,1H3. The van der Waals surface area contributed by atoms with Crippen LogP contribution in [0.25, 0.3) is 0 Å². The minimum absolute atomic E-state index is 0.201. The maximum absolute atomic E-state index is 10.3. The van der Waals surface area contributed by atoms with E-state index >= 15 is 0 Å². The van der Waals surface area contributed by atoms with Crippen molar-refractivity contribution < 1.29 is 5.11 Å². The summed E-state index contributed by atoms with van der Waals surface area (Å²) in [7, 11) is 0. The van der Waals surface area contributed by atoms with Crippen molar-refractivity contribution in [2.24, 2.45) is 5.92 Å². The monoisotopic (exact) mass is 236 g/mol. The van der Waals surface area contributed by atoms with Gasteiger partial charge in [-0.05, 0) is 25.2 Å². The van der Waals surface area contributed by atoms with Crippen molar-refractivity contribution in [3.63, 3.8) is 0 Å². The lowest BCUT2D eigenvalue weighted by molar-refractivity contribution is 0.0825. The molecule has 0 bridgehead atoms. The van der Waals surface area contributed by atoms with Gasteiger partial charge in [0.05, 0.1) is 6.10 Å². The average Bonchev–Trinajstić information content (AvgIpc) is 2.78. The molecular weight excluding hydrogens is 212 g/mol. The summed E-state index contributed by atoms with van der Waals surface area (Å²) in [5, 5.41) is 10.3. The fraction of sp³-hybridized carbons (Fsp3) is 0.786. The molecule has 1 atom stereocenters. The highest BCUT2D eigenvalue weighted by atomic mass is 16.3. The zero-order valence-electron chi connectivity index (χ0n) is 10.8. The lowest BCUT2D eigenvalue weighted by Crippen LogP contribution is -2.26. The summed E-state index contributed by atoms with van der Waals surface area (Å²) in [6.07, 6.45) is 11.8. The molecule has 0 radical (unpaired) electrons. The second-order valence-corrected chi connectivity index (χ2v) is 5.21.